The van der Waals surface area contributed by atoms with Crippen molar-refractivity contribution in [2.24, 2.45) is 0 Å². The number of phenols is 4. The molecule has 2 aromatic carbocycles. The molecule has 0 saturated heterocycles. The standard InChI is InChI=1S/C15H12O6/c16-8-3-1-7(2-4-8)12-6-10(18)13-9(17)5-11(19)14(20)15(13)21-12/h1-5,12,16-17,19-20H,6H2. The molecule has 21 heavy (non-hydrogen) atoms. The number of Topliss-reactive ketones (excluding diaryl/α,β-unsaturated/α-hetero) is 1. The highest BCUT2D eigenvalue weighted by Gasteiger charge is 2.33. The minimum absolute atomic E-state index is 0.0183. The lowest BCUT2D eigenvalue weighted by Gasteiger charge is -2.26. The molecule has 0 radical (unpaired) electrons. The fourth-order valence-corrected chi connectivity index (χ4v) is 2.33. The van der Waals surface area contributed by atoms with Gasteiger partial charge in [0.1, 0.15) is 23.2 Å². The number of rotatable bonds is 1. The predicted octanol–water partition coefficient (Wildman–Crippen LogP) is 2.22. The van der Waals surface area contributed by atoms with Crippen LogP contribution in [0.2, 0.25) is 0 Å². The fourth-order valence-electron chi connectivity index (χ4n) is 2.33. The van der Waals surface area contributed by atoms with E-state index >= 15 is 0 Å². The molecule has 1 unspecified atom stereocenters. The van der Waals surface area contributed by atoms with Gasteiger partial charge in [-0.05, 0) is 17.7 Å². The number of benzene rings is 2. The van der Waals surface area contributed by atoms with Gasteiger partial charge in [-0.15, -0.1) is 0 Å². The van der Waals surface area contributed by atoms with E-state index in [1.807, 2.05) is 0 Å². The lowest BCUT2D eigenvalue weighted by Crippen LogP contribution is -2.20. The van der Waals surface area contributed by atoms with Gasteiger partial charge in [0.2, 0.25) is 5.75 Å². The summed E-state index contributed by atoms with van der Waals surface area (Å²) in [5.41, 5.74) is 0.495. The summed E-state index contributed by atoms with van der Waals surface area (Å²) in [5, 5.41) is 38.3. The van der Waals surface area contributed by atoms with Crippen LogP contribution in [0.4, 0.5) is 0 Å². The molecule has 3 rings (SSSR count). The van der Waals surface area contributed by atoms with E-state index in [-0.39, 0.29) is 23.5 Å². The van der Waals surface area contributed by atoms with Gasteiger partial charge < -0.3 is 25.2 Å². The molecule has 1 aliphatic rings. The third-order valence-corrected chi connectivity index (χ3v) is 3.39. The molecule has 0 amide bonds. The molecule has 2 aromatic rings. The quantitative estimate of drug-likeness (QED) is 0.473. The van der Waals surface area contributed by atoms with E-state index in [0.29, 0.717) is 5.56 Å². The van der Waals surface area contributed by atoms with Crippen molar-refractivity contribution in [3.8, 4) is 28.7 Å². The second-order valence-corrected chi connectivity index (χ2v) is 4.79. The van der Waals surface area contributed by atoms with Gasteiger partial charge in [0.15, 0.2) is 17.3 Å². The number of ether oxygens (including phenoxy) is 1. The van der Waals surface area contributed by atoms with Crippen LogP contribution in [-0.4, -0.2) is 26.2 Å². The smallest absolute Gasteiger partial charge is 0.201 e. The van der Waals surface area contributed by atoms with Crippen LogP contribution in [0.15, 0.2) is 30.3 Å². The molecule has 0 saturated carbocycles. The van der Waals surface area contributed by atoms with Crippen LogP contribution in [0, 0.1) is 0 Å². The van der Waals surface area contributed by atoms with Crippen molar-refractivity contribution in [1.82, 2.24) is 0 Å². The Morgan fingerprint density at radius 3 is 2.33 bits per heavy atom. The lowest BCUT2D eigenvalue weighted by molar-refractivity contribution is 0.0836. The third-order valence-electron chi connectivity index (χ3n) is 3.39. The Kier molecular flexibility index (Phi) is 2.86. The van der Waals surface area contributed by atoms with Crippen LogP contribution < -0.4 is 4.74 Å². The molecule has 0 aliphatic carbocycles. The van der Waals surface area contributed by atoms with Gasteiger partial charge in [0, 0.05) is 6.07 Å². The minimum atomic E-state index is -0.669. The largest absolute Gasteiger partial charge is 0.508 e. The first-order valence-electron chi connectivity index (χ1n) is 6.24. The maximum atomic E-state index is 12.1. The predicted molar refractivity (Wildman–Crippen MR) is 71.9 cm³/mol. The van der Waals surface area contributed by atoms with E-state index in [4.69, 9.17) is 4.74 Å². The summed E-state index contributed by atoms with van der Waals surface area (Å²) >= 11 is 0. The number of carbonyl (C=O) groups excluding carboxylic acids is 1. The van der Waals surface area contributed by atoms with Crippen molar-refractivity contribution in [3.05, 3.63) is 41.5 Å². The molecule has 6 heteroatoms. The average molecular weight is 288 g/mol. The molecule has 108 valence electrons. The average Bonchev–Trinajstić information content (AvgIpc) is 2.44. The Morgan fingerprint density at radius 1 is 1.00 bits per heavy atom. The molecule has 4 N–H and O–H groups in total. The summed E-state index contributed by atoms with van der Waals surface area (Å²) < 4.78 is 5.55. The number of carbonyl (C=O) groups is 1. The van der Waals surface area contributed by atoms with E-state index in [1.54, 1.807) is 12.1 Å². The molecule has 1 heterocycles. The highest BCUT2D eigenvalue weighted by atomic mass is 16.5. The number of fused-ring (bicyclic) bond motifs is 1. The molecule has 0 aromatic heterocycles. The fraction of sp³-hybridized carbons (Fsp3) is 0.133. The number of phenolic OH excluding ortho intramolecular Hbond substituents is 4. The molecule has 0 spiro atoms. The first-order chi connectivity index (χ1) is 9.97. The molecular weight excluding hydrogens is 276 g/mol. The van der Waals surface area contributed by atoms with Gasteiger partial charge in [0.05, 0.1) is 6.42 Å². The summed E-state index contributed by atoms with van der Waals surface area (Å²) in [7, 11) is 0. The van der Waals surface area contributed by atoms with Crippen LogP contribution in [0.3, 0.4) is 0 Å². The summed E-state index contributed by atoms with van der Waals surface area (Å²) in [4.78, 5) is 12.1. The number of ketones is 1. The van der Waals surface area contributed by atoms with E-state index in [1.165, 1.54) is 12.1 Å². The number of aromatic hydroxyl groups is 4. The molecular formula is C15H12O6. The van der Waals surface area contributed by atoms with Gasteiger partial charge in [0.25, 0.3) is 0 Å². The summed E-state index contributed by atoms with van der Waals surface area (Å²) in [6.45, 7) is 0. The van der Waals surface area contributed by atoms with Gasteiger partial charge in [-0.25, -0.2) is 0 Å². The Labute approximate surface area is 119 Å². The molecule has 0 fully saturated rings. The van der Waals surface area contributed by atoms with Crippen molar-refractivity contribution in [3.63, 3.8) is 0 Å². The second kappa shape index (κ2) is 4.59. The Bertz CT molecular complexity index is 720. The molecule has 1 atom stereocenters. The zero-order chi connectivity index (χ0) is 15.1. The van der Waals surface area contributed by atoms with Crippen LogP contribution in [0.5, 0.6) is 28.7 Å². The maximum Gasteiger partial charge on any atom is 0.201 e. The zero-order valence-electron chi connectivity index (χ0n) is 10.8. The van der Waals surface area contributed by atoms with Crippen LogP contribution in [-0.2, 0) is 0 Å². The van der Waals surface area contributed by atoms with E-state index < -0.39 is 29.1 Å². The molecule has 1 aliphatic heterocycles. The van der Waals surface area contributed by atoms with Crippen LogP contribution >= 0.6 is 0 Å². The Morgan fingerprint density at radius 2 is 1.67 bits per heavy atom. The van der Waals surface area contributed by atoms with Gasteiger partial charge in [-0.3, -0.25) is 4.79 Å². The molecule has 6 nitrogen and oxygen atoms in total. The first-order valence-corrected chi connectivity index (χ1v) is 6.24. The Hall–Kier alpha value is -2.89. The lowest BCUT2D eigenvalue weighted by atomic mass is 9.95. The zero-order valence-corrected chi connectivity index (χ0v) is 10.8. The van der Waals surface area contributed by atoms with Crippen LogP contribution in [0.25, 0.3) is 0 Å². The van der Waals surface area contributed by atoms with Crippen molar-refractivity contribution >= 4 is 5.78 Å². The van der Waals surface area contributed by atoms with Crippen molar-refractivity contribution in [2.45, 2.75) is 12.5 Å². The highest BCUT2D eigenvalue weighted by molar-refractivity contribution is 6.03. The summed E-state index contributed by atoms with van der Waals surface area (Å²) in [6.07, 6.45) is -0.687. The van der Waals surface area contributed by atoms with E-state index in [2.05, 4.69) is 0 Å². The summed E-state index contributed by atoms with van der Waals surface area (Å²) in [6, 6.07) is 7.00. The SMILES string of the molecule is O=C1CC(c2ccc(O)cc2)Oc2c(O)c(O)cc(O)c21. The highest BCUT2D eigenvalue weighted by Crippen LogP contribution is 2.48. The normalized spacial score (nSPS) is 17.1. The number of hydrogen-bond acceptors (Lipinski definition) is 6. The van der Waals surface area contributed by atoms with Crippen molar-refractivity contribution < 1.29 is 30.0 Å². The van der Waals surface area contributed by atoms with Crippen molar-refractivity contribution in [2.75, 3.05) is 0 Å². The molecule has 0 bridgehead atoms. The maximum absolute atomic E-state index is 12.1. The topological polar surface area (TPSA) is 107 Å². The monoisotopic (exact) mass is 288 g/mol. The van der Waals surface area contributed by atoms with Crippen LogP contribution in [0.1, 0.15) is 28.4 Å². The van der Waals surface area contributed by atoms with E-state index in [0.717, 1.165) is 6.07 Å². The third kappa shape index (κ3) is 2.10. The Balaban J connectivity index is 2.06. The van der Waals surface area contributed by atoms with Gasteiger partial charge in [-0.1, -0.05) is 12.1 Å². The van der Waals surface area contributed by atoms with E-state index in [9.17, 15) is 25.2 Å². The second-order valence-electron chi connectivity index (χ2n) is 4.79. The van der Waals surface area contributed by atoms with Crippen molar-refractivity contribution in [1.29, 1.82) is 0 Å². The van der Waals surface area contributed by atoms with Gasteiger partial charge in [-0.2, -0.15) is 0 Å². The first kappa shape index (κ1) is 13.1. The minimum Gasteiger partial charge on any atom is -0.508 e. The number of hydrogen-bond donors (Lipinski definition) is 4. The summed E-state index contributed by atoms with van der Waals surface area (Å²) in [5.74, 6) is -2.14. The van der Waals surface area contributed by atoms with Gasteiger partial charge >= 0.3 is 0 Å².